The number of carbonyl (C=O) groups excluding carboxylic acids is 1. The van der Waals surface area contributed by atoms with Crippen molar-refractivity contribution in [3.05, 3.63) is 42.1 Å². The molecule has 0 saturated heterocycles. The van der Waals surface area contributed by atoms with Crippen molar-refractivity contribution in [2.75, 3.05) is 13.1 Å². The average molecular weight is 301 g/mol. The molecule has 0 radical (unpaired) electrons. The Morgan fingerprint density at radius 1 is 1.27 bits per heavy atom. The number of carboxylic acids is 1. The Morgan fingerprint density at radius 3 is 2.55 bits per heavy atom. The Kier molecular flexibility index (Phi) is 4.93. The Labute approximate surface area is 129 Å². The maximum atomic E-state index is 12.7. The monoisotopic (exact) mass is 301 g/mol. The zero-order valence-corrected chi connectivity index (χ0v) is 12.7. The summed E-state index contributed by atoms with van der Waals surface area (Å²) in [7, 11) is 1.76. The van der Waals surface area contributed by atoms with Gasteiger partial charge in [0.15, 0.2) is 0 Å². The number of carboxylic acid groups (broad SMARTS) is 1. The molecule has 2 aromatic rings. The van der Waals surface area contributed by atoms with Crippen molar-refractivity contribution >= 4 is 11.9 Å². The van der Waals surface area contributed by atoms with Crippen LogP contribution in [0.5, 0.6) is 0 Å². The highest BCUT2D eigenvalue weighted by Crippen LogP contribution is 2.24. The van der Waals surface area contributed by atoms with Crippen LogP contribution in [-0.2, 0) is 11.8 Å². The molecule has 0 spiro atoms. The van der Waals surface area contributed by atoms with Gasteiger partial charge in [0.1, 0.15) is 6.54 Å². The molecule has 1 N–H and O–H groups in total. The van der Waals surface area contributed by atoms with Crippen molar-refractivity contribution in [3.63, 3.8) is 0 Å². The second-order valence-corrected chi connectivity index (χ2v) is 5.02. The summed E-state index contributed by atoms with van der Waals surface area (Å²) in [6.07, 6.45) is 2.19. The van der Waals surface area contributed by atoms with Crippen LogP contribution in [0, 0.1) is 0 Å². The standard InChI is InChI=1S/C16H19N3O3/c1-3-9-19(11-14(20)21)16(22)13-10-17-18(2)15(13)12-7-5-4-6-8-12/h4-8,10H,3,9,11H2,1-2H3,(H,20,21). The van der Waals surface area contributed by atoms with Gasteiger partial charge in [0, 0.05) is 19.2 Å². The van der Waals surface area contributed by atoms with Crippen LogP contribution in [0.15, 0.2) is 36.5 Å². The molecule has 0 bridgehead atoms. The first-order valence-corrected chi connectivity index (χ1v) is 7.13. The minimum Gasteiger partial charge on any atom is -0.480 e. The molecular formula is C16H19N3O3. The van der Waals surface area contributed by atoms with E-state index in [9.17, 15) is 9.59 Å². The van der Waals surface area contributed by atoms with Crippen LogP contribution < -0.4 is 0 Å². The highest BCUT2D eigenvalue weighted by molar-refractivity contribution is 6.01. The Morgan fingerprint density at radius 2 is 1.95 bits per heavy atom. The van der Waals surface area contributed by atoms with Gasteiger partial charge in [0.2, 0.25) is 0 Å². The average Bonchev–Trinajstić information content (AvgIpc) is 2.88. The van der Waals surface area contributed by atoms with Gasteiger partial charge in [-0.05, 0) is 6.42 Å². The molecule has 0 aliphatic rings. The fraction of sp³-hybridized carbons (Fsp3) is 0.312. The summed E-state index contributed by atoms with van der Waals surface area (Å²) < 4.78 is 1.63. The number of aryl methyl sites for hydroxylation is 1. The number of aromatic nitrogens is 2. The molecule has 0 fully saturated rings. The van der Waals surface area contributed by atoms with Gasteiger partial charge < -0.3 is 10.0 Å². The lowest BCUT2D eigenvalue weighted by atomic mass is 10.1. The van der Waals surface area contributed by atoms with E-state index in [-0.39, 0.29) is 12.5 Å². The molecule has 1 aromatic carbocycles. The zero-order chi connectivity index (χ0) is 16.1. The highest BCUT2D eigenvalue weighted by Gasteiger charge is 2.23. The predicted molar refractivity (Wildman–Crippen MR) is 82.5 cm³/mol. The number of hydrogen-bond acceptors (Lipinski definition) is 3. The third-order valence-electron chi connectivity index (χ3n) is 3.32. The lowest BCUT2D eigenvalue weighted by molar-refractivity contribution is -0.137. The molecule has 0 saturated carbocycles. The fourth-order valence-electron chi connectivity index (χ4n) is 2.39. The van der Waals surface area contributed by atoms with Gasteiger partial charge in [-0.2, -0.15) is 5.10 Å². The van der Waals surface area contributed by atoms with Crippen molar-refractivity contribution in [1.82, 2.24) is 14.7 Å². The minimum atomic E-state index is -1.02. The quantitative estimate of drug-likeness (QED) is 0.885. The van der Waals surface area contributed by atoms with E-state index < -0.39 is 5.97 Å². The Balaban J connectivity index is 2.40. The first-order chi connectivity index (χ1) is 10.5. The van der Waals surface area contributed by atoms with Crippen LogP contribution in [0.25, 0.3) is 11.3 Å². The van der Waals surface area contributed by atoms with Crippen molar-refractivity contribution in [3.8, 4) is 11.3 Å². The van der Waals surface area contributed by atoms with Gasteiger partial charge in [-0.3, -0.25) is 14.3 Å². The van der Waals surface area contributed by atoms with Gasteiger partial charge in [0.25, 0.3) is 5.91 Å². The maximum absolute atomic E-state index is 12.7. The topological polar surface area (TPSA) is 75.4 Å². The summed E-state index contributed by atoms with van der Waals surface area (Å²) >= 11 is 0. The molecule has 6 nitrogen and oxygen atoms in total. The van der Waals surface area contributed by atoms with E-state index in [1.165, 1.54) is 11.1 Å². The van der Waals surface area contributed by atoms with Crippen LogP contribution in [-0.4, -0.2) is 44.8 Å². The Hall–Kier alpha value is -2.63. The van der Waals surface area contributed by atoms with Crippen molar-refractivity contribution in [1.29, 1.82) is 0 Å². The lowest BCUT2D eigenvalue weighted by Crippen LogP contribution is -2.36. The molecule has 22 heavy (non-hydrogen) atoms. The van der Waals surface area contributed by atoms with E-state index in [1.54, 1.807) is 11.7 Å². The molecule has 2 rings (SSSR count). The summed E-state index contributed by atoms with van der Waals surface area (Å²) in [6.45, 7) is 1.99. The third-order valence-corrected chi connectivity index (χ3v) is 3.32. The van der Waals surface area contributed by atoms with E-state index in [0.717, 1.165) is 5.56 Å². The first kappa shape index (κ1) is 15.8. The molecule has 116 valence electrons. The number of rotatable bonds is 6. The summed E-state index contributed by atoms with van der Waals surface area (Å²) in [5.74, 6) is -1.33. The van der Waals surface area contributed by atoms with E-state index in [4.69, 9.17) is 5.11 Å². The van der Waals surface area contributed by atoms with Crippen LogP contribution in [0.4, 0.5) is 0 Å². The number of benzene rings is 1. The zero-order valence-electron chi connectivity index (χ0n) is 12.7. The summed E-state index contributed by atoms with van der Waals surface area (Å²) in [4.78, 5) is 25.0. The van der Waals surface area contributed by atoms with Crippen LogP contribution in [0.2, 0.25) is 0 Å². The van der Waals surface area contributed by atoms with E-state index >= 15 is 0 Å². The molecule has 0 atom stereocenters. The largest absolute Gasteiger partial charge is 0.480 e. The lowest BCUT2D eigenvalue weighted by Gasteiger charge is -2.20. The van der Waals surface area contributed by atoms with Crippen LogP contribution >= 0.6 is 0 Å². The van der Waals surface area contributed by atoms with Crippen LogP contribution in [0.3, 0.4) is 0 Å². The van der Waals surface area contributed by atoms with Gasteiger partial charge in [-0.25, -0.2) is 0 Å². The smallest absolute Gasteiger partial charge is 0.323 e. The van der Waals surface area contributed by atoms with E-state index in [2.05, 4.69) is 5.10 Å². The predicted octanol–water partition coefficient (Wildman–Crippen LogP) is 2.02. The first-order valence-electron chi connectivity index (χ1n) is 7.13. The number of amides is 1. The molecule has 1 amide bonds. The number of nitrogens with zero attached hydrogens (tertiary/aromatic N) is 3. The van der Waals surface area contributed by atoms with Gasteiger partial charge in [-0.1, -0.05) is 37.3 Å². The van der Waals surface area contributed by atoms with E-state index in [0.29, 0.717) is 24.2 Å². The van der Waals surface area contributed by atoms with Crippen molar-refractivity contribution in [2.24, 2.45) is 7.05 Å². The molecule has 1 aromatic heterocycles. The van der Waals surface area contributed by atoms with Crippen molar-refractivity contribution < 1.29 is 14.7 Å². The van der Waals surface area contributed by atoms with Gasteiger partial charge >= 0.3 is 5.97 Å². The highest BCUT2D eigenvalue weighted by atomic mass is 16.4. The molecular weight excluding hydrogens is 282 g/mol. The molecule has 0 aliphatic carbocycles. The number of hydrogen-bond donors (Lipinski definition) is 1. The number of aliphatic carboxylic acids is 1. The molecule has 0 unspecified atom stereocenters. The molecule has 1 heterocycles. The summed E-state index contributed by atoms with van der Waals surface area (Å²) in [6, 6.07) is 9.47. The normalized spacial score (nSPS) is 10.5. The molecule has 6 heteroatoms. The summed E-state index contributed by atoms with van der Waals surface area (Å²) in [5.41, 5.74) is 1.98. The third kappa shape index (κ3) is 3.33. The van der Waals surface area contributed by atoms with Crippen LogP contribution in [0.1, 0.15) is 23.7 Å². The Bertz CT molecular complexity index is 665. The fourth-order valence-corrected chi connectivity index (χ4v) is 2.39. The van der Waals surface area contributed by atoms with Gasteiger partial charge in [-0.15, -0.1) is 0 Å². The van der Waals surface area contributed by atoms with Gasteiger partial charge in [0.05, 0.1) is 17.5 Å². The van der Waals surface area contributed by atoms with E-state index in [1.807, 2.05) is 37.3 Å². The number of carbonyl (C=O) groups is 2. The minimum absolute atomic E-state index is 0.309. The second-order valence-electron chi connectivity index (χ2n) is 5.02. The SMILES string of the molecule is CCCN(CC(=O)O)C(=O)c1cnn(C)c1-c1ccccc1. The molecule has 0 aliphatic heterocycles. The second kappa shape index (κ2) is 6.89. The van der Waals surface area contributed by atoms with Crippen molar-refractivity contribution in [2.45, 2.75) is 13.3 Å². The maximum Gasteiger partial charge on any atom is 0.323 e. The summed E-state index contributed by atoms with van der Waals surface area (Å²) in [5, 5.41) is 13.1.